The summed E-state index contributed by atoms with van der Waals surface area (Å²) in [5.74, 6) is 0.679. The highest BCUT2D eigenvalue weighted by Gasteiger charge is 2.36. The van der Waals surface area contributed by atoms with E-state index in [4.69, 9.17) is 4.52 Å². The van der Waals surface area contributed by atoms with Crippen molar-refractivity contribution < 1.29 is 26.9 Å². The van der Waals surface area contributed by atoms with Crippen LogP contribution in [0, 0.1) is 0 Å². The smallest absolute Gasteiger partial charge is 0.378 e. The molecule has 40 heavy (non-hydrogen) atoms. The lowest BCUT2D eigenvalue weighted by molar-refractivity contribution is -0.0327. The van der Waals surface area contributed by atoms with Gasteiger partial charge in [0.25, 0.3) is 5.89 Å². The van der Waals surface area contributed by atoms with Gasteiger partial charge in [-0.25, -0.2) is 19.2 Å². The minimum atomic E-state index is -4.57. The standard InChI is InChI=1S/C24H22F4N8O2S2/c25-13-10-36(11-17-29-6-2-7-30-17)8-5-14(13)32-15-4-1-3-12-18(15)39-20(19(12)40-24(26,27)28)21-34-22(38-35-21)16-9-31-23(37)33-16/h1-4,6-7,13-14,16,32H,5,8-11H2,(H2,31,33,37). The number of carbonyl (C=O) groups is 1. The zero-order valence-electron chi connectivity index (χ0n) is 20.6. The monoisotopic (exact) mass is 594 g/mol. The number of thioether (sulfide) groups is 1. The molecule has 2 amide bonds. The second-order valence-corrected chi connectivity index (χ2v) is 11.4. The van der Waals surface area contributed by atoms with Crippen LogP contribution in [0.2, 0.25) is 0 Å². The van der Waals surface area contributed by atoms with Crippen LogP contribution >= 0.6 is 23.1 Å². The fourth-order valence-electron chi connectivity index (χ4n) is 4.73. The van der Waals surface area contributed by atoms with E-state index < -0.39 is 29.8 Å². The number of carbonyl (C=O) groups excluding carboxylic acids is 1. The van der Waals surface area contributed by atoms with Crippen LogP contribution in [0.1, 0.15) is 24.2 Å². The van der Waals surface area contributed by atoms with Gasteiger partial charge in [0.15, 0.2) is 0 Å². The summed E-state index contributed by atoms with van der Waals surface area (Å²) in [5.41, 5.74) is -4.04. The number of piperidine rings is 1. The average molecular weight is 595 g/mol. The van der Waals surface area contributed by atoms with Gasteiger partial charge in [-0.1, -0.05) is 17.3 Å². The van der Waals surface area contributed by atoms with E-state index in [0.717, 1.165) is 11.3 Å². The van der Waals surface area contributed by atoms with Crippen LogP contribution in [0.3, 0.4) is 0 Å². The molecule has 0 spiro atoms. The van der Waals surface area contributed by atoms with Gasteiger partial charge < -0.3 is 20.5 Å². The lowest BCUT2D eigenvalue weighted by atomic mass is 10.0. The van der Waals surface area contributed by atoms with Gasteiger partial charge in [-0.05, 0) is 30.3 Å². The third-order valence-electron chi connectivity index (χ3n) is 6.55. The number of amides is 2. The zero-order valence-corrected chi connectivity index (χ0v) is 22.2. The third kappa shape index (κ3) is 5.69. The van der Waals surface area contributed by atoms with E-state index in [1.807, 2.05) is 4.90 Å². The number of hydrogen-bond acceptors (Lipinski definition) is 10. The van der Waals surface area contributed by atoms with E-state index in [1.54, 1.807) is 36.7 Å². The van der Waals surface area contributed by atoms with Crippen molar-refractivity contribution in [3.05, 3.63) is 48.4 Å². The highest BCUT2D eigenvalue weighted by atomic mass is 32.2. The van der Waals surface area contributed by atoms with Crippen LogP contribution in [-0.2, 0) is 6.54 Å². The number of aromatic nitrogens is 4. The highest BCUT2D eigenvalue weighted by Crippen LogP contribution is 2.50. The molecule has 3 unspecified atom stereocenters. The van der Waals surface area contributed by atoms with Gasteiger partial charge >= 0.3 is 11.5 Å². The Kier molecular flexibility index (Phi) is 7.22. The van der Waals surface area contributed by atoms with Gasteiger partial charge in [-0.15, -0.1) is 11.3 Å². The van der Waals surface area contributed by atoms with E-state index in [-0.39, 0.29) is 46.3 Å². The molecule has 5 heterocycles. The second kappa shape index (κ2) is 10.8. The summed E-state index contributed by atoms with van der Waals surface area (Å²) in [6.07, 6.45) is 2.56. The van der Waals surface area contributed by atoms with E-state index in [0.29, 0.717) is 41.1 Å². The number of urea groups is 1. The molecule has 3 atom stereocenters. The first kappa shape index (κ1) is 26.7. The molecule has 2 aliphatic heterocycles. The number of fused-ring (bicyclic) bond motifs is 1. The minimum Gasteiger partial charge on any atom is -0.378 e. The van der Waals surface area contributed by atoms with E-state index in [1.165, 1.54) is 0 Å². The molecule has 3 aromatic heterocycles. The molecule has 6 rings (SSSR count). The molecule has 2 fully saturated rings. The summed E-state index contributed by atoms with van der Waals surface area (Å²) in [4.78, 5) is 26.2. The Bertz CT molecular complexity index is 1520. The van der Waals surface area contributed by atoms with Gasteiger partial charge in [0.05, 0.1) is 27.9 Å². The van der Waals surface area contributed by atoms with E-state index in [2.05, 4.69) is 36.1 Å². The van der Waals surface area contributed by atoms with E-state index in [9.17, 15) is 18.0 Å². The number of benzene rings is 1. The molecule has 0 bridgehead atoms. The van der Waals surface area contributed by atoms with Crippen molar-refractivity contribution in [1.29, 1.82) is 0 Å². The van der Waals surface area contributed by atoms with Crippen LogP contribution in [-0.4, -0.2) is 68.4 Å². The van der Waals surface area contributed by atoms with Crippen molar-refractivity contribution in [2.45, 2.75) is 41.6 Å². The number of likely N-dealkylation sites (tertiary alicyclic amines) is 1. The molecular weight excluding hydrogens is 572 g/mol. The number of alkyl halides is 4. The number of nitrogens with zero attached hydrogens (tertiary/aromatic N) is 5. The van der Waals surface area contributed by atoms with Gasteiger partial charge in [0, 0.05) is 42.3 Å². The molecule has 0 aliphatic carbocycles. The van der Waals surface area contributed by atoms with Gasteiger partial charge in [0.1, 0.15) is 18.0 Å². The normalized spacial score (nSPS) is 21.9. The Morgan fingerprint density at radius 1 is 1.23 bits per heavy atom. The van der Waals surface area contributed by atoms with Gasteiger partial charge in [-0.2, -0.15) is 18.2 Å². The van der Waals surface area contributed by atoms with E-state index >= 15 is 4.39 Å². The maximum atomic E-state index is 15.3. The Labute approximate surface area is 232 Å². The number of nitrogens with one attached hydrogen (secondary N) is 3. The molecule has 0 radical (unpaired) electrons. The molecule has 0 saturated carbocycles. The Hall–Kier alpha value is -3.50. The molecular formula is C24H22F4N8O2S2. The number of rotatable bonds is 7. The Balaban J connectivity index is 1.26. The third-order valence-corrected chi connectivity index (χ3v) is 8.78. The predicted molar refractivity (Wildman–Crippen MR) is 141 cm³/mol. The Morgan fingerprint density at radius 2 is 2.05 bits per heavy atom. The molecule has 16 heteroatoms. The molecule has 4 aromatic rings. The maximum absolute atomic E-state index is 15.3. The summed E-state index contributed by atoms with van der Waals surface area (Å²) in [7, 11) is 0. The molecule has 210 valence electrons. The lowest BCUT2D eigenvalue weighted by Crippen LogP contribution is -2.47. The highest BCUT2D eigenvalue weighted by molar-refractivity contribution is 8.00. The number of hydrogen-bond donors (Lipinski definition) is 3. The Morgan fingerprint density at radius 3 is 2.77 bits per heavy atom. The lowest BCUT2D eigenvalue weighted by Gasteiger charge is -2.35. The average Bonchev–Trinajstić information content (AvgIpc) is 3.65. The molecule has 10 nitrogen and oxygen atoms in total. The van der Waals surface area contributed by atoms with Crippen LogP contribution in [0.25, 0.3) is 20.8 Å². The van der Waals surface area contributed by atoms with Gasteiger partial charge in [0.2, 0.25) is 5.82 Å². The van der Waals surface area contributed by atoms with Crippen molar-refractivity contribution in [2.75, 3.05) is 25.0 Å². The van der Waals surface area contributed by atoms with Crippen molar-refractivity contribution in [3.8, 4) is 10.7 Å². The molecule has 2 saturated heterocycles. The molecule has 1 aromatic carbocycles. The van der Waals surface area contributed by atoms with Crippen LogP contribution in [0.5, 0.6) is 0 Å². The fourth-order valence-corrected chi connectivity index (χ4v) is 6.84. The summed E-state index contributed by atoms with van der Waals surface area (Å²) < 4.78 is 61.9. The summed E-state index contributed by atoms with van der Waals surface area (Å²) in [5, 5.41) is 12.7. The van der Waals surface area contributed by atoms with Crippen LogP contribution in [0.4, 0.5) is 28.0 Å². The van der Waals surface area contributed by atoms with Crippen molar-refractivity contribution in [2.24, 2.45) is 0 Å². The van der Waals surface area contributed by atoms with Gasteiger partial charge in [-0.3, -0.25) is 4.90 Å². The molecule has 3 N–H and O–H groups in total. The number of anilines is 1. The second-order valence-electron chi connectivity index (χ2n) is 9.31. The number of halogens is 4. The fraction of sp³-hybridized carbons (Fsp3) is 0.375. The SMILES string of the molecule is O=C1NCC(c2nc(-c3sc4c(NC5CCN(Cc6ncccn6)CC5F)cccc4c3SC(F)(F)F)no2)N1. The maximum Gasteiger partial charge on any atom is 0.446 e. The first-order valence-corrected chi connectivity index (χ1v) is 14.0. The van der Waals surface area contributed by atoms with Crippen molar-refractivity contribution >= 4 is 44.9 Å². The summed E-state index contributed by atoms with van der Waals surface area (Å²) >= 11 is 0.815. The largest absolute Gasteiger partial charge is 0.446 e. The quantitative estimate of drug-likeness (QED) is 0.206. The van der Waals surface area contributed by atoms with Crippen LogP contribution in [0.15, 0.2) is 46.1 Å². The first-order valence-electron chi connectivity index (χ1n) is 12.3. The van der Waals surface area contributed by atoms with Crippen molar-refractivity contribution in [1.82, 2.24) is 35.6 Å². The summed E-state index contributed by atoms with van der Waals surface area (Å²) in [6.45, 7) is 1.43. The van der Waals surface area contributed by atoms with Crippen LogP contribution < -0.4 is 16.0 Å². The first-order chi connectivity index (χ1) is 19.2. The summed E-state index contributed by atoms with van der Waals surface area (Å²) in [6, 6.07) is 5.16. The van der Waals surface area contributed by atoms with Crippen molar-refractivity contribution in [3.63, 3.8) is 0 Å². The number of thiophene rings is 1. The minimum absolute atomic E-state index is 0.0187. The molecule has 2 aliphatic rings. The predicted octanol–water partition coefficient (Wildman–Crippen LogP) is 4.73. The zero-order chi connectivity index (χ0) is 27.9. The topological polar surface area (TPSA) is 121 Å².